The fourth-order valence-corrected chi connectivity index (χ4v) is 3.82. The smallest absolute Gasteiger partial charge is 0.262 e. The van der Waals surface area contributed by atoms with Gasteiger partial charge in [-0.2, -0.15) is 5.10 Å². The molecule has 0 radical (unpaired) electrons. The number of hydrogen-bond acceptors (Lipinski definition) is 5. The molecule has 2 rings (SSSR count). The van der Waals surface area contributed by atoms with Gasteiger partial charge in [-0.1, -0.05) is 70.2 Å². The molecule has 2 aromatic rings. The Bertz CT molecular complexity index is 957. The van der Waals surface area contributed by atoms with E-state index in [1.165, 1.54) is 9.69 Å². The minimum Gasteiger partial charge on any atom is -0.289 e. The van der Waals surface area contributed by atoms with Gasteiger partial charge in [-0.3, -0.25) is 34.7 Å². The molecule has 1 aromatic heterocycles. The van der Waals surface area contributed by atoms with E-state index >= 15 is 0 Å². The first-order valence-electron chi connectivity index (χ1n) is 11.9. The fraction of sp³-hybridized carbons (Fsp3) is 0.462. The van der Waals surface area contributed by atoms with Gasteiger partial charge < -0.3 is 0 Å². The summed E-state index contributed by atoms with van der Waals surface area (Å²) in [5.41, 5.74) is 5.43. The zero-order valence-electron chi connectivity index (χ0n) is 20.9. The summed E-state index contributed by atoms with van der Waals surface area (Å²) in [6, 6.07) is 11.3. The van der Waals surface area contributed by atoms with E-state index in [0.29, 0.717) is 13.0 Å². The number of aromatic nitrogens is 2. The highest BCUT2D eigenvalue weighted by Crippen LogP contribution is 2.25. The summed E-state index contributed by atoms with van der Waals surface area (Å²) in [4.78, 5) is 39.0. The van der Waals surface area contributed by atoms with Gasteiger partial charge in [-0.05, 0) is 36.3 Å². The van der Waals surface area contributed by atoms with Crippen molar-refractivity contribution in [1.29, 1.82) is 0 Å². The highest BCUT2D eigenvalue weighted by Gasteiger charge is 2.35. The second-order valence-electron chi connectivity index (χ2n) is 9.45. The molecule has 0 aliphatic heterocycles. The summed E-state index contributed by atoms with van der Waals surface area (Å²) in [6.07, 6.45) is 7.61. The van der Waals surface area contributed by atoms with Crippen molar-refractivity contribution in [2.75, 3.05) is 6.54 Å². The lowest BCUT2D eigenvalue weighted by Crippen LogP contribution is -2.53. The number of benzene rings is 1. The molecule has 3 N–H and O–H groups in total. The average Bonchev–Trinajstić information content (AvgIpc) is 3.33. The van der Waals surface area contributed by atoms with E-state index in [1.807, 2.05) is 70.2 Å². The highest BCUT2D eigenvalue weighted by atomic mass is 16.5. The number of hydrogen-bond donors (Lipinski definition) is 3. The van der Waals surface area contributed by atoms with Crippen LogP contribution in [0.25, 0.3) is 6.08 Å². The van der Waals surface area contributed by atoms with Crippen LogP contribution in [0, 0.1) is 23.7 Å². The Balaban J connectivity index is 2.23. The van der Waals surface area contributed by atoms with Crippen molar-refractivity contribution in [3.8, 4) is 0 Å². The zero-order chi connectivity index (χ0) is 25.8. The Hall–Kier alpha value is -3.46. The quantitative estimate of drug-likeness (QED) is 0.316. The number of nitrogens with one attached hydrogen (secondary N) is 2. The molecule has 0 saturated heterocycles. The predicted octanol–water partition coefficient (Wildman–Crippen LogP) is 3.29. The SMILES string of the molecule is CC(C)C[C@@H](C(=O)NN(CC(C)C)C(=O)Cn1cccn1)[C@H](C/C=C/c1ccccc1)C(=O)NO. The van der Waals surface area contributed by atoms with Crippen LogP contribution in [0.1, 0.15) is 46.1 Å². The van der Waals surface area contributed by atoms with Gasteiger partial charge in [0, 0.05) is 18.9 Å². The first kappa shape index (κ1) is 27.8. The molecule has 35 heavy (non-hydrogen) atoms. The maximum absolute atomic E-state index is 13.5. The van der Waals surface area contributed by atoms with Crippen molar-refractivity contribution < 1.29 is 19.6 Å². The number of hydroxylamine groups is 1. The molecular formula is C26H37N5O4. The molecule has 1 aromatic carbocycles. The highest BCUT2D eigenvalue weighted by molar-refractivity contribution is 5.88. The van der Waals surface area contributed by atoms with Crippen LogP contribution in [0.15, 0.2) is 54.9 Å². The summed E-state index contributed by atoms with van der Waals surface area (Å²) >= 11 is 0. The van der Waals surface area contributed by atoms with Crippen molar-refractivity contribution in [3.05, 3.63) is 60.4 Å². The third-order valence-corrected chi connectivity index (χ3v) is 5.45. The van der Waals surface area contributed by atoms with Gasteiger partial charge >= 0.3 is 0 Å². The van der Waals surface area contributed by atoms with Gasteiger partial charge in [0.05, 0.1) is 11.8 Å². The summed E-state index contributed by atoms with van der Waals surface area (Å²) < 4.78 is 1.49. The summed E-state index contributed by atoms with van der Waals surface area (Å²) in [5.74, 6) is -2.75. The summed E-state index contributed by atoms with van der Waals surface area (Å²) in [6.45, 7) is 8.11. The Morgan fingerprint density at radius 3 is 2.31 bits per heavy atom. The van der Waals surface area contributed by atoms with Crippen molar-refractivity contribution in [1.82, 2.24) is 25.7 Å². The molecule has 0 aliphatic rings. The van der Waals surface area contributed by atoms with E-state index in [0.717, 1.165) is 5.56 Å². The average molecular weight is 484 g/mol. The second kappa shape index (κ2) is 14.1. The number of carbonyl (C=O) groups is 3. The largest absolute Gasteiger partial charge is 0.289 e. The molecule has 190 valence electrons. The van der Waals surface area contributed by atoms with Crippen LogP contribution in [0.2, 0.25) is 0 Å². The third-order valence-electron chi connectivity index (χ3n) is 5.45. The third kappa shape index (κ3) is 9.36. The van der Waals surface area contributed by atoms with Crippen molar-refractivity contribution >= 4 is 23.8 Å². The van der Waals surface area contributed by atoms with Gasteiger partial charge in [0.2, 0.25) is 11.8 Å². The van der Waals surface area contributed by atoms with Gasteiger partial charge in [0.15, 0.2) is 0 Å². The minimum absolute atomic E-state index is 0.0186. The molecule has 0 spiro atoms. The van der Waals surface area contributed by atoms with Gasteiger partial charge in [-0.15, -0.1) is 0 Å². The van der Waals surface area contributed by atoms with Crippen LogP contribution in [-0.2, 0) is 20.9 Å². The second-order valence-corrected chi connectivity index (χ2v) is 9.45. The topological polar surface area (TPSA) is 117 Å². The molecule has 3 amide bonds. The van der Waals surface area contributed by atoms with Crippen LogP contribution >= 0.6 is 0 Å². The van der Waals surface area contributed by atoms with E-state index in [-0.39, 0.29) is 30.7 Å². The van der Waals surface area contributed by atoms with E-state index in [4.69, 9.17) is 0 Å². The lowest BCUT2D eigenvalue weighted by Gasteiger charge is -2.30. The van der Waals surface area contributed by atoms with Crippen LogP contribution in [0.4, 0.5) is 0 Å². The lowest BCUT2D eigenvalue weighted by atomic mass is 9.82. The van der Waals surface area contributed by atoms with E-state index in [1.54, 1.807) is 23.9 Å². The molecule has 9 nitrogen and oxygen atoms in total. The van der Waals surface area contributed by atoms with Crippen molar-refractivity contribution in [3.63, 3.8) is 0 Å². The molecule has 1 heterocycles. The Kier molecular flexibility index (Phi) is 11.2. The molecular weight excluding hydrogens is 446 g/mol. The summed E-state index contributed by atoms with van der Waals surface area (Å²) in [7, 11) is 0. The van der Waals surface area contributed by atoms with E-state index in [2.05, 4.69) is 10.5 Å². The number of nitrogens with zero attached hydrogens (tertiary/aromatic N) is 3. The van der Waals surface area contributed by atoms with Gasteiger partial charge in [-0.25, -0.2) is 5.48 Å². The normalized spacial score (nSPS) is 13.1. The molecule has 0 fully saturated rings. The predicted molar refractivity (Wildman–Crippen MR) is 133 cm³/mol. The first-order valence-corrected chi connectivity index (χ1v) is 11.9. The number of rotatable bonds is 12. The van der Waals surface area contributed by atoms with Crippen molar-refractivity contribution in [2.24, 2.45) is 23.7 Å². The Labute approximate surface area is 207 Å². The molecule has 0 unspecified atom stereocenters. The summed E-state index contributed by atoms with van der Waals surface area (Å²) in [5, 5.41) is 14.8. The monoisotopic (exact) mass is 483 g/mol. The molecule has 0 saturated carbocycles. The lowest BCUT2D eigenvalue weighted by molar-refractivity contribution is -0.148. The Morgan fingerprint density at radius 1 is 1.03 bits per heavy atom. The van der Waals surface area contributed by atoms with Crippen LogP contribution in [0.3, 0.4) is 0 Å². The van der Waals surface area contributed by atoms with E-state index in [9.17, 15) is 19.6 Å². The zero-order valence-corrected chi connectivity index (χ0v) is 20.9. The maximum atomic E-state index is 13.5. The molecule has 9 heteroatoms. The number of hydrazine groups is 1. The maximum Gasteiger partial charge on any atom is 0.262 e. The standard InChI is InChI=1S/C26H37N5O4/c1-19(2)16-23(22(26(34)29-35)13-8-12-21-10-6-5-7-11-21)25(33)28-31(17-20(3)4)24(32)18-30-15-9-14-27-30/h5-12,14-15,19-20,22-23,35H,13,16-18H2,1-4H3,(H,28,33)(H,29,34)/b12-8+/t22-,23+/m0/s1. The molecule has 0 aliphatic carbocycles. The first-order chi connectivity index (χ1) is 16.7. The molecule has 2 atom stereocenters. The molecule has 0 bridgehead atoms. The van der Waals surface area contributed by atoms with Gasteiger partial charge in [0.25, 0.3) is 5.91 Å². The van der Waals surface area contributed by atoms with Crippen LogP contribution < -0.4 is 10.9 Å². The van der Waals surface area contributed by atoms with Crippen LogP contribution in [0.5, 0.6) is 0 Å². The van der Waals surface area contributed by atoms with Crippen molar-refractivity contribution in [2.45, 2.75) is 47.1 Å². The Morgan fingerprint density at radius 2 is 1.74 bits per heavy atom. The number of amides is 3. The van der Waals surface area contributed by atoms with Crippen LogP contribution in [-0.4, -0.2) is 44.3 Å². The van der Waals surface area contributed by atoms with E-state index < -0.39 is 23.7 Å². The minimum atomic E-state index is -0.815. The number of carbonyl (C=O) groups excluding carboxylic acids is 3. The fourth-order valence-electron chi connectivity index (χ4n) is 3.82. The number of allylic oxidation sites excluding steroid dienone is 1. The van der Waals surface area contributed by atoms with Gasteiger partial charge in [0.1, 0.15) is 6.54 Å².